The van der Waals surface area contributed by atoms with Gasteiger partial charge in [-0.25, -0.2) is 4.39 Å². The van der Waals surface area contributed by atoms with E-state index in [0.717, 1.165) is 28.6 Å². The average molecular weight is 359 g/mol. The predicted octanol–water partition coefficient (Wildman–Crippen LogP) is 5.22. The number of rotatable bonds is 1. The largest absolute Gasteiger partial charge is 0.335 e. The second-order valence-electron chi connectivity index (χ2n) is 6.16. The van der Waals surface area contributed by atoms with Gasteiger partial charge in [-0.1, -0.05) is 32.5 Å². The lowest BCUT2D eigenvalue weighted by Gasteiger charge is -2.31. The van der Waals surface area contributed by atoms with E-state index in [1.54, 1.807) is 17.8 Å². The maximum Gasteiger partial charge on any atom is 0.161 e. The van der Waals surface area contributed by atoms with Crippen LogP contribution < -0.4 is 5.32 Å². The molecule has 1 unspecified atom stereocenters. The summed E-state index contributed by atoms with van der Waals surface area (Å²) >= 11 is 4.90. The predicted molar refractivity (Wildman–Crippen MR) is 90.2 cm³/mol. The number of nitrogens with zero attached hydrogens (tertiary/aromatic N) is 1. The maximum absolute atomic E-state index is 13.6. The van der Waals surface area contributed by atoms with Gasteiger partial charge < -0.3 is 5.32 Å². The molecule has 20 heavy (non-hydrogen) atoms. The second-order valence-corrected chi connectivity index (χ2v) is 8.10. The zero-order chi connectivity index (χ0) is 14.9. The van der Waals surface area contributed by atoms with Crippen molar-refractivity contribution in [3.63, 3.8) is 0 Å². The highest BCUT2D eigenvalue weighted by Crippen LogP contribution is 2.32. The van der Waals surface area contributed by atoms with E-state index < -0.39 is 0 Å². The molecule has 0 aliphatic carbocycles. The standard InChI is InChI=1S/C15H20BrFN2S/c1-9-7-10(16)11(17)8-12(9)18-14-19-13(5-6-20-14)15(2,3)4/h7-8,13H,5-6H2,1-4H3,(H,18,19). The van der Waals surface area contributed by atoms with Gasteiger partial charge in [-0.05, 0) is 52.4 Å². The van der Waals surface area contributed by atoms with Crippen LogP contribution in [0.5, 0.6) is 0 Å². The fraction of sp³-hybridized carbons (Fsp3) is 0.533. The zero-order valence-electron chi connectivity index (χ0n) is 12.3. The Balaban J connectivity index is 2.21. The molecule has 110 valence electrons. The molecule has 2 nitrogen and oxygen atoms in total. The van der Waals surface area contributed by atoms with Crippen LogP contribution in [-0.2, 0) is 0 Å². The maximum atomic E-state index is 13.6. The minimum Gasteiger partial charge on any atom is -0.335 e. The minimum atomic E-state index is -0.258. The Morgan fingerprint density at radius 3 is 2.75 bits per heavy atom. The molecule has 0 saturated heterocycles. The van der Waals surface area contributed by atoms with E-state index in [9.17, 15) is 4.39 Å². The molecule has 0 saturated carbocycles. The van der Waals surface area contributed by atoms with Crippen LogP contribution in [0.2, 0.25) is 0 Å². The van der Waals surface area contributed by atoms with Crippen LogP contribution >= 0.6 is 27.7 Å². The molecule has 5 heteroatoms. The number of aliphatic imine (C=N–C) groups is 1. The molecule has 1 N–H and O–H groups in total. The fourth-order valence-electron chi connectivity index (χ4n) is 2.10. The van der Waals surface area contributed by atoms with Crippen molar-refractivity contribution < 1.29 is 4.39 Å². The highest BCUT2D eigenvalue weighted by Gasteiger charge is 2.27. The summed E-state index contributed by atoms with van der Waals surface area (Å²) in [5.41, 5.74) is 1.94. The number of hydrogen-bond acceptors (Lipinski definition) is 3. The van der Waals surface area contributed by atoms with Crippen molar-refractivity contribution in [2.24, 2.45) is 10.4 Å². The Morgan fingerprint density at radius 2 is 2.10 bits per heavy atom. The van der Waals surface area contributed by atoms with Crippen LogP contribution in [0.3, 0.4) is 0 Å². The molecular formula is C15H20BrFN2S. The van der Waals surface area contributed by atoms with Crippen LogP contribution in [0.15, 0.2) is 21.6 Å². The molecule has 1 aromatic carbocycles. The van der Waals surface area contributed by atoms with Gasteiger partial charge in [0.15, 0.2) is 5.17 Å². The van der Waals surface area contributed by atoms with Crippen molar-refractivity contribution >= 4 is 38.5 Å². The molecular weight excluding hydrogens is 339 g/mol. The van der Waals surface area contributed by atoms with E-state index in [1.807, 2.05) is 6.92 Å². The van der Waals surface area contributed by atoms with Gasteiger partial charge in [0.05, 0.1) is 10.5 Å². The summed E-state index contributed by atoms with van der Waals surface area (Å²) in [6, 6.07) is 3.61. The Labute approximate surface area is 132 Å². The summed E-state index contributed by atoms with van der Waals surface area (Å²) in [4.78, 5) is 4.78. The molecule has 1 aliphatic rings. The Hall–Kier alpha value is -0.550. The van der Waals surface area contributed by atoms with E-state index in [4.69, 9.17) is 4.99 Å². The first-order valence-corrected chi connectivity index (χ1v) is 8.48. The third-order valence-corrected chi connectivity index (χ3v) is 4.94. The smallest absolute Gasteiger partial charge is 0.161 e. The van der Waals surface area contributed by atoms with Gasteiger partial charge >= 0.3 is 0 Å². The molecule has 0 spiro atoms. The highest BCUT2D eigenvalue weighted by atomic mass is 79.9. The number of nitrogens with one attached hydrogen (secondary N) is 1. The van der Waals surface area contributed by atoms with E-state index in [-0.39, 0.29) is 11.2 Å². The number of hydrogen-bond donors (Lipinski definition) is 1. The van der Waals surface area contributed by atoms with Crippen LogP contribution in [0.25, 0.3) is 0 Å². The molecule has 0 fully saturated rings. The number of anilines is 1. The number of halogens is 2. The first kappa shape index (κ1) is 15.8. The fourth-order valence-corrected chi connectivity index (χ4v) is 3.48. The number of amidine groups is 1. The highest BCUT2D eigenvalue weighted by molar-refractivity contribution is 9.10. The summed E-state index contributed by atoms with van der Waals surface area (Å²) in [5, 5.41) is 4.16. The van der Waals surface area contributed by atoms with E-state index in [2.05, 4.69) is 42.0 Å². The van der Waals surface area contributed by atoms with E-state index >= 15 is 0 Å². The summed E-state index contributed by atoms with van der Waals surface area (Å²) < 4.78 is 14.1. The summed E-state index contributed by atoms with van der Waals surface area (Å²) in [5.74, 6) is 0.790. The van der Waals surface area contributed by atoms with Gasteiger partial charge in [-0.15, -0.1) is 0 Å². The van der Waals surface area contributed by atoms with E-state index in [1.165, 1.54) is 6.07 Å². The molecule has 0 aromatic heterocycles. The van der Waals surface area contributed by atoms with Crippen LogP contribution in [0, 0.1) is 18.2 Å². The van der Waals surface area contributed by atoms with Gasteiger partial charge in [0.25, 0.3) is 0 Å². The molecule has 2 rings (SSSR count). The Kier molecular flexibility index (Phi) is 4.80. The van der Waals surface area contributed by atoms with Crippen molar-refractivity contribution in [3.05, 3.63) is 28.0 Å². The summed E-state index contributed by atoms with van der Waals surface area (Å²) in [6.45, 7) is 8.58. The molecule has 1 heterocycles. The molecule has 0 bridgehead atoms. The average Bonchev–Trinajstić information content (AvgIpc) is 2.35. The van der Waals surface area contributed by atoms with Crippen LogP contribution in [0.4, 0.5) is 10.1 Å². The third-order valence-electron chi connectivity index (χ3n) is 3.41. The zero-order valence-corrected chi connectivity index (χ0v) is 14.7. The SMILES string of the molecule is Cc1cc(Br)c(F)cc1NC1=NC(C(C)(C)C)CCS1. The second kappa shape index (κ2) is 6.06. The Bertz CT molecular complexity index is 537. The quantitative estimate of drug-likeness (QED) is 0.744. The van der Waals surface area contributed by atoms with Gasteiger partial charge in [0.2, 0.25) is 0 Å². The lowest BCUT2D eigenvalue weighted by Crippen LogP contribution is -2.30. The van der Waals surface area contributed by atoms with Gasteiger partial charge in [0, 0.05) is 11.4 Å². The third kappa shape index (κ3) is 3.76. The number of aryl methyl sites for hydroxylation is 1. The van der Waals surface area contributed by atoms with Gasteiger partial charge in [0.1, 0.15) is 5.82 Å². The summed E-state index contributed by atoms with van der Waals surface area (Å²) in [6.07, 6.45) is 1.09. The topological polar surface area (TPSA) is 24.4 Å². The monoisotopic (exact) mass is 358 g/mol. The number of benzene rings is 1. The first-order valence-electron chi connectivity index (χ1n) is 6.70. The van der Waals surface area contributed by atoms with Crippen molar-refractivity contribution in [2.75, 3.05) is 11.1 Å². The van der Waals surface area contributed by atoms with Crippen LogP contribution in [-0.4, -0.2) is 17.0 Å². The van der Waals surface area contributed by atoms with Gasteiger partial charge in [-0.3, -0.25) is 4.99 Å². The lowest BCUT2D eigenvalue weighted by atomic mass is 9.85. The molecule has 0 radical (unpaired) electrons. The van der Waals surface area contributed by atoms with Crippen molar-refractivity contribution in [1.82, 2.24) is 0 Å². The van der Waals surface area contributed by atoms with Crippen molar-refractivity contribution in [3.8, 4) is 0 Å². The van der Waals surface area contributed by atoms with E-state index in [0.29, 0.717) is 10.5 Å². The minimum absolute atomic E-state index is 0.161. The lowest BCUT2D eigenvalue weighted by molar-refractivity contribution is 0.316. The molecule has 1 aromatic rings. The molecule has 0 amide bonds. The Morgan fingerprint density at radius 1 is 1.40 bits per heavy atom. The molecule has 1 atom stereocenters. The van der Waals surface area contributed by atoms with Gasteiger partial charge in [-0.2, -0.15) is 0 Å². The number of thioether (sulfide) groups is 1. The summed E-state index contributed by atoms with van der Waals surface area (Å²) in [7, 11) is 0. The normalized spacial score (nSPS) is 19.7. The molecule has 1 aliphatic heterocycles. The van der Waals surface area contributed by atoms with Crippen molar-refractivity contribution in [1.29, 1.82) is 0 Å². The van der Waals surface area contributed by atoms with Crippen LogP contribution in [0.1, 0.15) is 32.8 Å². The first-order chi connectivity index (χ1) is 9.27. The van der Waals surface area contributed by atoms with Crippen molar-refractivity contribution in [2.45, 2.75) is 40.2 Å².